The van der Waals surface area contributed by atoms with Gasteiger partial charge in [0.05, 0.1) is 10.8 Å². The molecule has 0 aromatic heterocycles. The molecule has 2 fully saturated rings. The van der Waals surface area contributed by atoms with Crippen molar-refractivity contribution in [3.05, 3.63) is 0 Å². The largest absolute Gasteiger partial charge is 0.481 e. The van der Waals surface area contributed by atoms with E-state index in [1.54, 1.807) is 4.90 Å². The minimum atomic E-state index is -0.786. The first-order chi connectivity index (χ1) is 8.85. The Balaban J connectivity index is 2.13. The van der Waals surface area contributed by atoms with Crippen molar-refractivity contribution in [2.24, 2.45) is 16.6 Å². The Morgan fingerprint density at radius 3 is 2.53 bits per heavy atom. The van der Waals surface area contributed by atoms with Crippen molar-refractivity contribution in [1.29, 1.82) is 0 Å². The van der Waals surface area contributed by atoms with E-state index >= 15 is 0 Å². The standard InChI is InChI=1S/C14H24N2O3/c1-3-14(12(18)19)7-8-16(9-14)11(17)13(2)6-4-5-10(13)15/h10H,3-9,15H2,1-2H3,(H,18,19). The number of carbonyl (C=O) groups is 2. The molecule has 3 atom stereocenters. The second-order valence-corrected chi connectivity index (χ2v) is 6.33. The Labute approximate surface area is 114 Å². The molecule has 5 nitrogen and oxygen atoms in total. The molecular formula is C14H24N2O3. The van der Waals surface area contributed by atoms with Gasteiger partial charge in [-0.2, -0.15) is 0 Å². The van der Waals surface area contributed by atoms with E-state index in [2.05, 4.69) is 0 Å². The van der Waals surface area contributed by atoms with Gasteiger partial charge in [0.1, 0.15) is 0 Å². The SMILES string of the molecule is CCC1(C(=O)O)CCN(C(=O)C2(C)CCCC2N)C1. The predicted molar refractivity (Wildman–Crippen MR) is 71.5 cm³/mol. The number of aliphatic carboxylic acids is 1. The van der Waals surface area contributed by atoms with Crippen molar-refractivity contribution < 1.29 is 14.7 Å². The van der Waals surface area contributed by atoms with Crippen LogP contribution in [0.4, 0.5) is 0 Å². The molecule has 1 heterocycles. The maximum Gasteiger partial charge on any atom is 0.311 e. The number of carboxylic acids is 1. The molecule has 1 saturated heterocycles. The van der Waals surface area contributed by atoms with E-state index in [4.69, 9.17) is 5.73 Å². The molecule has 0 aromatic carbocycles. The molecule has 108 valence electrons. The van der Waals surface area contributed by atoms with Crippen LogP contribution in [0.5, 0.6) is 0 Å². The zero-order valence-electron chi connectivity index (χ0n) is 11.8. The minimum Gasteiger partial charge on any atom is -0.481 e. The molecule has 1 aliphatic carbocycles. The van der Waals surface area contributed by atoms with E-state index in [0.717, 1.165) is 19.3 Å². The van der Waals surface area contributed by atoms with Crippen LogP contribution in [0.3, 0.4) is 0 Å². The van der Waals surface area contributed by atoms with E-state index in [0.29, 0.717) is 25.9 Å². The van der Waals surface area contributed by atoms with Crippen LogP contribution in [0.1, 0.15) is 46.0 Å². The molecule has 1 aliphatic heterocycles. The predicted octanol–water partition coefficient (Wildman–Crippen LogP) is 1.22. The summed E-state index contributed by atoms with van der Waals surface area (Å²) in [5, 5.41) is 9.38. The van der Waals surface area contributed by atoms with E-state index in [9.17, 15) is 14.7 Å². The van der Waals surface area contributed by atoms with Gasteiger partial charge in [0.2, 0.25) is 5.91 Å². The van der Waals surface area contributed by atoms with E-state index in [1.165, 1.54) is 0 Å². The van der Waals surface area contributed by atoms with Gasteiger partial charge >= 0.3 is 5.97 Å². The maximum atomic E-state index is 12.7. The summed E-state index contributed by atoms with van der Waals surface area (Å²) in [5.74, 6) is -0.736. The van der Waals surface area contributed by atoms with Crippen LogP contribution in [0.2, 0.25) is 0 Å². The molecule has 0 radical (unpaired) electrons. The average molecular weight is 268 g/mol. The van der Waals surface area contributed by atoms with Gasteiger partial charge in [-0.1, -0.05) is 13.3 Å². The van der Waals surface area contributed by atoms with Crippen LogP contribution in [0.25, 0.3) is 0 Å². The highest BCUT2D eigenvalue weighted by Gasteiger charge is 2.50. The van der Waals surface area contributed by atoms with Crippen LogP contribution in [0, 0.1) is 10.8 Å². The van der Waals surface area contributed by atoms with Gasteiger partial charge in [0.15, 0.2) is 0 Å². The summed E-state index contributed by atoms with van der Waals surface area (Å²) in [5.41, 5.74) is 4.82. The van der Waals surface area contributed by atoms with Crippen molar-refractivity contribution in [3.8, 4) is 0 Å². The fourth-order valence-electron chi connectivity index (χ4n) is 3.48. The number of likely N-dealkylation sites (tertiary alicyclic amines) is 1. The molecule has 19 heavy (non-hydrogen) atoms. The Hall–Kier alpha value is -1.10. The van der Waals surface area contributed by atoms with Crippen molar-refractivity contribution in [3.63, 3.8) is 0 Å². The summed E-state index contributed by atoms with van der Waals surface area (Å²) >= 11 is 0. The molecule has 2 aliphatic rings. The molecule has 0 bridgehead atoms. The van der Waals surface area contributed by atoms with Crippen molar-refractivity contribution in [2.75, 3.05) is 13.1 Å². The summed E-state index contributed by atoms with van der Waals surface area (Å²) in [6, 6.07) is -0.0959. The van der Waals surface area contributed by atoms with Gasteiger partial charge in [-0.25, -0.2) is 0 Å². The number of amides is 1. The lowest BCUT2D eigenvalue weighted by Gasteiger charge is -2.33. The van der Waals surface area contributed by atoms with E-state index in [-0.39, 0.29) is 11.9 Å². The first kappa shape index (κ1) is 14.3. The summed E-state index contributed by atoms with van der Waals surface area (Å²) < 4.78 is 0. The van der Waals surface area contributed by atoms with Crippen molar-refractivity contribution in [1.82, 2.24) is 4.90 Å². The Bertz CT molecular complexity index is 398. The summed E-state index contributed by atoms with van der Waals surface area (Å²) in [6.07, 6.45) is 3.80. The molecule has 1 saturated carbocycles. The zero-order valence-corrected chi connectivity index (χ0v) is 11.8. The number of rotatable bonds is 3. The third kappa shape index (κ3) is 2.14. The number of hydrogen-bond donors (Lipinski definition) is 2. The molecule has 0 aromatic rings. The van der Waals surface area contributed by atoms with Crippen LogP contribution in [0.15, 0.2) is 0 Å². The Morgan fingerprint density at radius 2 is 2.11 bits per heavy atom. The smallest absolute Gasteiger partial charge is 0.311 e. The lowest BCUT2D eigenvalue weighted by atomic mass is 9.82. The number of carbonyl (C=O) groups excluding carboxylic acids is 1. The first-order valence-corrected chi connectivity index (χ1v) is 7.14. The van der Waals surface area contributed by atoms with Crippen LogP contribution in [-0.2, 0) is 9.59 Å². The normalized spacial score (nSPS) is 38.7. The summed E-state index contributed by atoms with van der Waals surface area (Å²) in [7, 11) is 0. The fourth-order valence-corrected chi connectivity index (χ4v) is 3.48. The second-order valence-electron chi connectivity index (χ2n) is 6.33. The maximum absolute atomic E-state index is 12.7. The fraction of sp³-hybridized carbons (Fsp3) is 0.857. The third-order valence-corrected chi connectivity index (χ3v) is 5.29. The topological polar surface area (TPSA) is 83.6 Å². The lowest BCUT2D eigenvalue weighted by Crippen LogP contribution is -2.49. The Kier molecular flexibility index (Phi) is 3.60. The third-order valence-electron chi connectivity index (χ3n) is 5.29. The number of carboxylic acid groups (broad SMARTS) is 1. The van der Waals surface area contributed by atoms with Crippen molar-refractivity contribution >= 4 is 11.9 Å². The van der Waals surface area contributed by atoms with Crippen LogP contribution >= 0.6 is 0 Å². The highest BCUT2D eigenvalue weighted by atomic mass is 16.4. The quantitative estimate of drug-likeness (QED) is 0.806. The summed E-state index contributed by atoms with van der Waals surface area (Å²) in [4.78, 5) is 25.8. The molecule has 3 unspecified atom stereocenters. The molecule has 0 spiro atoms. The van der Waals surface area contributed by atoms with Gasteiger partial charge in [0.25, 0.3) is 0 Å². The second kappa shape index (κ2) is 4.78. The highest BCUT2D eigenvalue weighted by molar-refractivity contribution is 5.85. The van der Waals surface area contributed by atoms with Crippen LogP contribution in [-0.4, -0.2) is 41.0 Å². The zero-order chi connectivity index (χ0) is 14.3. The van der Waals surface area contributed by atoms with Crippen LogP contribution < -0.4 is 5.73 Å². The first-order valence-electron chi connectivity index (χ1n) is 7.14. The molecule has 1 amide bonds. The molecular weight excluding hydrogens is 244 g/mol. The highest BCUT2D eigenvalue weighted by Crippen LogP contribution is 2.42. The number of hydrogen-bond acceptors (Lipinski definition) is 3. The van der Waals surface area contributed by atoms with Gasteiger partial charge in [-0.3, -0.25) is 9.59 Å². The van der Waals surface area contributed by atoms with Gasteiger partial charge in [-0.15, -0.1) is 0 Å². The van der Waals surface area contributed by atoms with Gasteiger partial charge in [-0.05, 0) is 32.6 Å². The Morgan fingerprint density at radius 1 is 1.42 bits per heavy atom. The number of nitrogens with two attached hydrogens (primary N) is 1. The van der Waals surface area contributed by atoms with Gasteiger partial charge < -0.3 is 15.7 Å². The lowest BCUT2D eigenvalue weighted by molar-refractivity contribution is -0.149. The van der Waals surface area contributed by atoms with Gasteiger partial charge in [0, 0.05) is 19.1 Å². The summed E-state index contributed by atoms with van der Waals surface area (Å²) in [6.45, 7) is 4.69. The molecule has 3 N–H and O–H groups in total. The molecule has 2 rings (SSSR count). The van der Waals surface area contributed by atoms with Crippen molar-refractivity contribution in [2.45, 2.75) is 52.0 Å². The minimum absolute atomic E-state index is 0.0501. The molecule has 5 heteroatoms. The monoisotopic (exact) mass is 268 g/mol. The van der Waals surface area contributed by atoms with E-state index in [1.807, 2.05) is 13.8 Å². The number of nitrogens with zero attached hydrogens (tertiary/aromatic N) is 1. The average Bonchev–Trinajstić information content (AvgIpc) is 2.95. The van der Waals surface area contributed by atoms with E-state index < -0.39 is 16.8 Å².